The molecule has 110 valence electrons. The Morgan fingerprint density at radius 2 is 1.95 bits per heavy atom. The van der Waals surface area contributed by atoms with Crippen molar-refractivity contribution in [2.45, 2.75) is 32.2 Å². The molecule has 5 nitrogen and oxygen atoms in total. The summed E-state index contributed by atoms with van der Waals surface area (Å²) in [6, 6.07) is 4.85. The van der Waals surface area contributed by atoms with Crippen molar-refractivity contribution in [3.63, 3.8) is 0 Å². The molecule has 0 aliphatic heterocycles. The molecule has 0 atom stereocenters. The minimum absolute atomic E-state index is 0.126. The number of H-pyrrole nitrogens is 1. The monoisotopic (exact) mass is 286 g/mol. The van der Waals surface area contributed by atoms with E-state index in [0.717, 1.165) is 23.9 Å². The van der Waals surface area contributed by atoms with Crippen LogP contribution in [0.1, 0.15) is 36.0 Å². The van der Waals surface area contributed by atoms with Crippen LogP contribution in [0.4, 0.5) is 0 Å². The number of carboxylic acids is 1. The van der Waals surface area contributed by atoms with Gasteiger partial charge in [0.15, 0.2) is 0 Å². The quantitative estimate of drug-likeness (QED) is 0.886. The van der Waals surface area contributed by atoms with Gasteiger partial charge in [0.25, 0.3) is 0 Å². The van der Waals surface area contributed by atoms with Gasteiger partial charge in [-0.3, -0.25) is 4.57 Å². The Morgan fingerprint density at radius 3 is 2.52 bits per heavy atom. The maximum atomic E-state index is 12.2. The van der Waals surface area contributed by atoms with Crippen molar-refractivity contribution in [3.05, 3.63) is 34.2 Å². The third-order valence-corrected chi connectivity index (χ3v) is 4.87. The summed E-state index contributed by atoms with van der Waals surface area (Å²) in [6.45, 7) is 0.764. The van der Waals surface area contributed by atoms with Gasteiger partial charge in [-0.1, -0.05) is 0 Å². The van der Waals surface area contributed by atoms with E-state index in [1.165, 1.54) is 25.7 Å². The molecule has 21 heavy (non-hydrogen) atoms. The van der Waals surface area contributed by atoms with Gasteiger partial charge in [-0.05, 0) is 61.6 Å². The molecule has 0 amide bonds. The van der Waals surface area contributed by atoms with Gasteiger partial charge in [0.05, 0.1) is 16.6 Å². The fraction of sp³-hybridized carbons (Fsp3) is 0.500. The number of hydrogen-bond donors (Lipinski definition) is 2. The lowest BCUT2D eigenvalue weighted by atomic mass is 9.98. The Labute approximate surface area is 121 Å². The Balaban J connectivity index is 1.72. The summed E-state index contributed by atoms with van der Waals surface area (Å²) in [4.78, 5) is 26.0. The standard InChI is InChI=1S/C16H18N2O3/c19-15(20)11-5-6-14-13(7-11)17-16(21)18(14)8-12(9-1-2-9)10-3-4-10/h5-7,9-10,12H,1-4,8H2,(H,17,21)(H,19,20). The average Bonchev–Trinajstić information content (AvgIpc) is 3.34. The van der Waals surface area contributed by atoms with Gasteiger partial charge in [0.1, 0.15) is 0 Å². The van der Waals surface area contributed by atoms with Crippen molar-refractivity contribution < 1.29 is 9.90 Å². The Kier molecular flexibility index (Phi) is 2.71. The van der Waals surface area contributed by atoms with Crippen LogP contribution < -0.4 is 5.69 Å². The van der Waals surface area contributed by atoms with E-state index in [1.807, 2.05) is 0 Å². The lowest BCUT2D eigenvalue weighted by Crippen LogP contribution is -2.23. The molecule has 5 heteroatoms. The second kappa shape index (κ2) is 4.48. The largest absolute Gasteiger partial charge is 0.478 e. The van der Waals surface area contributed by atoms with E-state index in [-0.39, 0.29) is 11.3 Å². The first-order valence-corrected chi connectivity index (χ1v) is 7.59. The highest BCUT2D eigenvalue weighted by Gasteiger charge is 2.41. The lowest BCUT2D eigenvalue weighted by molar-refractivity contribution is 0.0697. The smallest absolute Gasteiger partial charge is 0.335 e. The number of hydrogen-bond acceptors (Lipinski definition) is 2. The number of aromatic nitrogens is 2. The van der Waals surface area contributed by atoms with Gasteiger partial charge in [0.2, 0.25) is 0 Å². The van der Waals surface area contributed by atoms with Crippen LogP contribution in [-0.4, -0.2) is 20.6 Å². The van der Waals surface area contributed by atoms with Crippen LogP contribution in [0, 0.1) is 17.8 Å². The summed E-state index contributed by atoms with van der Waals surface area (Å²) in [7, 11) is 0. The Hall–Kier alpha value is -2.04. The SMILES string of the molecule is O=C(O)c1ccc2c(c1)[nH]c(=O)n2CC(C1CC1)C1CC1. The van der Waals surface area contributed by atoms with Gasteiger partial charge < -0.3 is 10.1 Å². The summed E-state index contributed by atoms with van der Waals surface area (Å²) in [5.74, 6) is 1.21. The molecule has 2 aliphatic rings. The van der Waals surface area contributed by atoms with Gasteiger partial charge in [-0.2, -0.15) is 0 Å². The molecule has 2 fully saturated rings. The van der Waals surface area contributed by atoms with Gasteiger partial charge in [-0.25, -0.2) is 9.59 Å². The third-order valence-electron chi connectivity index (χ3n) is 4.87. The molecule has 2 saturated carbocycles. The number of carbonyl (C=O) groups is 1. The number of fused-ring (bicyclic) bond motifs is 1. The van der Waals surface area contributed by atoms with Crippen molar-refractivity contribution in [3.8, 4) is 0 Å². The first-order valence-electron chi connectivity index (χ1n) is 7.59. The number of rotatable bonds is 5. The molecule has 2 N–H and O–H groups in total. The van der Waals surface area contributed by atoms with Crippen molar-refractivity contribution in [1.29, 1.82) is 0 Å². The first-order chi connectivity index (χ1) is 10.1. The topological polar surface area (TPSA) is 75.1 Å². The zero-order valence-corrected chi connectivity index (χ0v) is 11.7. The molecule has 2 aliphatic carbocycles. The zero-order valence-electron chi connectivity index (χ0n) is 11.7. The summed E-state index contributed by atoms with van der Waals surface area (Å²) in [5, 5.41) is 9.03. The summed E-state index contributed by atoms with van der Waals surface area (Å²) in [6.07, 6.45) is 5.17. The van der Waals surface area contributed by atoms with E-state index in [1.54, 1.807) is 22.8 Å². The minimum atomic E-state index is -0.973. The van der Waals surface area contributed by atoms with E-state index in [4.69, 9.17) is 5.11 Å². The second-order valence-electron chi connectivity index (χ2n) is 6.42. The maximum Gasteiger partial charge on any atom is 0.335 e. The molecule has 0 radical (unpaired) electrons. The molecule has 0 saturated heterocycles. The predicted octanol–water partition coefficient (Wildman–Crippen LogP) is 2.46. The molecule has 0 bridgehead atoms. The normalized spacial score (nSPS) is 18.5. The second-order valence-corrected chi connectivity index (χ2v) is 6.42. The van der Waals surface area contributed by atoms with E-state index < -0.39 is 5.97 Å². The summed E-state index contributed by atoms with van der Waals surface area (Å²) in [5.41, 5.74) is 1.51. The lowest BCUT2D eigenvalue weighted by Gasteiger charge is -2.16. The van der Waals surface area contributed by atoms with E-state index in [0.29, 0.717) is 11.4 Å². The van der Waals surface area contributed by atoms with Crippen LogP contribution in [0.3, 0.4) is 0 Å². The van der Waals surface area contributed by atoms with Crippen LogP contribution >= 0.6 is 0 Å². The van der Waals surface area contributed by atoms with E-state index in [2.05, 4.69) is 4.98 Å². The Morgan fingerprint density at radius 1 is 1.29 bits per heavy atom. The fourth-order valence-corrected chi connectivity index (χ4v) is 3.42. The number of benzene rings is 1. The minimum Gasteiger partial charge on any atom is -0.478 e. The molecular weight excluding hydrogens is 268 g/mol. The number of nitrogens with zero attached hydrogens (tertiary/aromatic N) is 1. The number of carboxylic acid groups (broad SMARTS) is 1. The van der Waals surface area contributed by atoms with Crippen molar-refractivity contribution in [2.75, 3.05) is 0 Å². The molecule has 2 aromatic rings. The number of aromatic amines is 1. The van der Waals surface area contributed by atoms with Crippen LogP contribution in [0.15, 0.2) is 23.0 Å². The van der Waals surface area contributed by atoms with Crippen molar-refractivity contribution in [1.82, 2.24) is 9.55 Å². The number of nitrogens with one attached hydrogen (secondary N) is 1. The molecule has 1 aromatic carbocycles. The summed E-state index contributed by atoms with van der Waals surface area (Å²) >= 11 is 0. The predicted molar refractivity (Wildman–Crippen MR) is 78.5 cm³/mol. The molecule has 4 rings (SSSR count). The van der Waals surface area contributed by atoms with E-state index >= 15 is 0 Å². The molecule has 0 spiro atoms. The highest BCUT2D eigenvalue weighted by atomic mass is 16.4. The maximum absolute atomic E-state index is 12.2. The van der Waals surface area contributed by atoms with Crippen LogP contribution in [0.5, 0.6) is 0 Å². The first kappa shape index (κ1) is 12.7. The average molecular weight is 286 g/mol. The Bertz CT molecular complexity index is 753. The zero-order chi connectivity index (χ0) is 14.6. The van der Waals surface area contributed by atoms with E-state index in [9.17, 15) is 9.59 Å². The highest BCUT2D eigenvalue weighted by Crippen LogP contribution is 2.49. The van der Waals surface area contributed by atoms with Crippen molar-refractivity contribution >= 4 is 17.0 Å². The molecular formula is C16H18N2O3. The molecule has 0 unspecified atom stereocenters. The van der Waals surface area contributed by atoms with Gasteiger partial charge in [-0.15, -0.1) is 0 Å². The van der Waals surface area contributed by atoms with Gasteiger partial charge >= 0.3 is 11.7 Å². The summed E-state index contributed by atoms with van der Waals surface area (Å²) < 4.78 is 1.79. The number of imidazole rings is 1. The fourth-order valence-electron chi connectivity index (χ4n) is 3.42. The van der Waals surface area contributed by atoms with Crippen molar-refractivity contribution in [2.24, 2.45) is 17.8 Å². The third kappa shape index (κ3) is 2.26. The molecule has 1 heterocycles. The molecule has 1 aromatic heterocycles. The van der Waals surface area contributed by atoms with Gasteiger partial charge in [0, 0.05) is 6.54 Å². The number of aromatic carboxylic acids is 1. The highest BCUT2D eigenvalue weighted by molar-refractivity contribution is 5.92. The van der Waals surface area contributed by atoms with Crippen LogP contribution in [-0.2, 0) is 6.54 Å². The van der Waals surface area contributed by atoms with Crippen LogP contribution in [0.2, 0.25) is 0 Å². The van der Waals surface area contributed by atoms with Crippen LogP contribution in [0.25, 0.3) is 11.0 Å².